The van der Waals surface area contributed by atoms with Crippen molar-refractivity contribution in [1.29, 1.82) is 0 Å². The van der Waals surface area contributed by atoms with Gasteiger partial charge in [-0.1, -0.05) is 38.1 Å². The Bertz CT molecular complexity index is 404. The standard InChI is InChI=1S/C17H28N2O/c1-4-14-5-7-15(8-6-14)16(18)11-19-10-9-13(2)17(12-19)20-3/h5-8,13,16-17H,4,9-12,18H2,1-3H3. The first-order chi connectivity index (χ1) is 9.63. The van der Waals surface area contributed by atoms with E-state index in [1.165, 1.54) is 17.5 Å². The number of nitrogens with two attached hydrogens (primary N) is 1. The highest BCUT2D eigenvalue weighted by molar-refractivity contribution is 5.25. The number of piperidine rings is 1. The van der Waals surface area contributed by atoms with Gasteiger partial charge >= 0.3 is 0 Å². The second kappa shape index (κ2) is 7.21. The van der Waals surface area contributed by atoms with Crippen LogP contribution in [0.25, 0.3) is 0 Å². The summed E-state index contributed by atoms with van der Waals surface area (Å²) in [7, 11) is 1.81. The predicted octanol–water partition coefficient (Wildman–Crippen LogP) is 2.61. The third kappa shape index (κ3) is 3.81. The van der Waals surface area contributed by atoms with Gasteiger partial charge in [-0.3, -0.25) is 4.90 Å². The van der Waals surface area contributed by atoms with Crippen molar-refractivity contribution in [2.24, 2.45) is 11.7 Å². The molecule has 112 valence electrons. The van der Waals surface area contributed by atoms with Crippen LogP contribution in [0.1, 0.15) is 37.4 Å². The van der Waals surface area contributed by atoms with Gasteiger partial charge in [0.2, 0.25) is 0 Å². The topological polar surface area (TPSA) is 38.5 Å². The van der Waals surface area contributed by atoms with Crippen molar-refractivity contribution in [3.8, 4) is 0 Å². The van der Waals surface area contributed by atoms with E-state index in [9.17, 15) is 0 Å². The quantitative estimate of drug-likeness (QED) is 0.898. The van der Waals surface area contributed by atoms with Gasteiger partial charge < -0.3 is 10.5 Å². The van der Waals surface area contributed by atoms with Crippen LogP contribution in [0, 0.1) is 5.92 Å². The average molecular weight is 276 g/mol. The van der Waals surface area contributed by atoms with Crippen molar-refractivity contribution in [1.82, 2.24) is 4.90 Å². The Balaban J connectivity index is 1.91. The number of hydrogen-bond donors (Lipinski definition) is 1. The molecule has 0 amide bonds. The van der Waals surface area contributed by atoms with Crippen LogP contribution < -0.4 is 5.73 Å². The second-order valence-corrected chi connectivity index (χ2v) is 6.00. The fraction of sp³-hybridized carbons (Fsp3) is 0.647. The van der Waals surface area contributed by atoms with Crippen molar-refractivity contribution in [2.75, 3.05) is 26.7 Å². The van der Waals surface area contributed by atoms with Crippen molar-refractivity contribution >= 4 is 0 Å². The maximum Gasteiger partial charge on any atom is 0.0724 e. The summed E-state index contributed by atoms with van der Waals surface area (Å²) in [6, 6.07) is 8.80. The lowest BCUT2D eigenvalue weighted by Crippen LogP contribution is -2.46. The van der Waals surface area contributed by atoms with Crippen LogP contribution >= 0.6 is 0 Å². The Morgan fingerprint density at radius 3 is 2.65 bits per heavy atom. The van der Waals surface area contributed by atoms with Crippen LogP contribution in [0.5, 0.6) is 0 Å². The molecule has 0 bridgehead atoms. The third-order valence-corrected chi connectivity index (χ3v) is 4.55. The number of ether oxygens (including phenoxy) is 1. The maximum absolute atomic E-state index is 6.36. The molecule has 1 fully saturated rings. The van der Waals surface area contributed by atoms with Gasteiger partial charge in [0.05, 0.1) is 6.10 Å². The number of methoxy groups -OCH3 is 1. The molecule has 0 spiro atoms. The van der Waals surface area contributed by atoms with Gasteiger partial charge in [-0.15, -0.1) is 0 Å². The lowest BCUT2D eigenvalue weighted by molar-refractivity contribution is -0.00643. The lowest BCUT2D eigenvalue weighted by atomic mass is 9.95. The molecule has 1 aliphatic heterocycles. The van der Waals surface area contributed by atoms with Crippen molar-refractivity contribution in [3.63, 3.8) is 0 Å². The van der Waals surface area contributed by atoms with E-state index in [4.69, 9.17) is 10.5 Å². The van der Waals surface area contributed by atoms with E-state index >= 15 is 0 Å². The number of hydrogen-bond acceptors (Lipinski definition) is 3. The Labute approximate surface area is 123 Å². The van der Waals surface area contributed by atoms with E-state index in [1.807, 2.05) is 7.11 Å². The minimum atomic E-state index is 0.0896. The van der Waals surface area contributed by atoms with Gasteiger partial charge in [0.1, 0.15) is 0 Å². The number of nitrogens with zero attached hydrogens (tertiary/aromatic N) is 1. The molecule has 0 saturated carbocycles. The predicted molar refractivity (Wildman–Crippen MR) is 83.8 cm³/mol. The highest BCUT2D eigenvalue weighted by Gasteiger charge is 2.26. The van der Waals surface area contributed by atoms with Gasteiger partial charge in [-0.05, 0) is 36.4 Å². The molecule has 3 heteroatoms. The Morgan fingerprint density at radius 2 is 2.05 bits per heavy atom. The van der Waals surface area contributed by atoms with Crippen LogP contribution in [-0.2, 0) is 11.2 Å². The number of rotatable bonds is 5. The van der Waals surface area contributed by atoms with Crippen LogP contribution in [0.2, 0.25) is 0 Å². The molecule has 3 atom stereocenters. The summed E-state index contributed by atoms with van der Waals surface area (Å²) in [4.78, 5) is 2.44. The average Bonchev–Trinajstić information content (AvgIpc) is 2.49. The minimum absolute atomic E-state index is 0.0896. The summed E-state index contributed by atoms with van der Waals surface area (Å²) in [5.41, 5.74) is 8.96. The molecule has 3 nitrogen and oxygen atoms in total. The molecule has 1 heterocycles. The van der Waals surface area contributed by atoms with E-state index < -0.39 is 0 Å². The highest BCUT2D eigenvalue weighted by Crippen LogP contribution is 2.21. The van der Waals surface area contributed by atoms with Crippen LogP contribution in [-0.4, -0.2) is 37.7 Å². The zero-order valence-electron chi connectivity index (χ0n) is 13.0. The van der Waals surface area contributed by atoms with Gasteiger partial charge in [0, 0.05) is 26.2 Å². The van der Waals surface area contributed by atoms with E-state index in [1.54, 1.807) is 0 Å². The lowest BCUT2D eigenvalue weighted by Gasteiger charge is -2.37. The smallest absolute Gasteiger partial charge is 0.0724 e. The van der Waals surface area contributed by atoms with E-state index in [2.05, 4.69) is 43.0 Å². The normalized spacial score (nSPS) is 25.6. The second-order valence-electron chi connectivity index (χ2n) is 6.00. The summed E-state index contributed by atoms with van der Waals surface area (Å²) >= 11 is 0. The Kier molecular flexibility index (Phi) is 5.58. The monoisotopic (exact) mass is 276 g/mol. The fourth-order valence-corrected chi connectivity index (χ4v) is 2.95. The number of benzene rings is 1. The van der Waals surface area contributed by atoms with E-state index in [0.717, 1.165) is 26.1 Å². The van der Waals surface area contributed by atoms with Crippen molar-refractivity contribution in [2.45, 2.75) is 38.8 Å². The fourth-order valence-electron chi connectivity index (χ4n) is 2.95. The van der Waals surface area contributed by atoms with E-state index in [-0.39, 0.29) is 6.04 Å². The highest BCUT2D eigenvalue weighted by atomic mass is 16.5. The molecule has 0 radical (unpaired) electrons. The maximum atomic E-state index is 6.36. The largest absolute Gasteiger partial charge is 0.380 e. The molecule has 1 saturated heterocycles. The molecule has 2 rings (SSSR count). The van der Waals surface area contributed by atoms with Crippen LogP contribution in [0.4, 0.5) is 0 Å². The zero-order valence-corrected chi connectivity index (χ0v) is 13.0. The molecule has 20 heavy (non-hydrogen) atoms. The number of aryl methyl sites for hydroxylation is 1. The van der Waals surface area contributed by atoms with Gasteiger partial charge in [-0.25, -0.2) is 0 Å². The van der Waals surface area contributed by atoms with Crippen molar-refractivity contribution < 1.29 is 4.74 Å². The summed E-state index contributed by atoms with van der Waals surface area (Å²) in [5, 5.41) is 0. The molecule has 1 aliphatic rings. The first-order valence-corrected chi connectivity index (χ1v) is 7.73. The zero-order chi connectivity index (χ0) is 14.5. The summed E-state index contributed by atoms with van der Waals surface area (Å²) in [5.74, 6) is 0.649. The number of likely N-dealkylation sites (tertiary alicyclic amines) is 1. The minimum Gasteiger partial charge on any atom is -0.380 e. The molecule has 1 aromatic carbocycles. The third-order valence-electron chi connectivity index (χ3n) is 4.55. The summed E-state index contributed by atoms with van der Waals surface area (Å²) in [6.07, 6.45) is 2.62. The van der Waals surface area contributed by atoms with Gasteiger partial charge in [-0.2, -0.15) is 0 Å². The molecule has 3 unspecified atom stereocenters. The molecule has 0 aromatic heterocycles. The summed E-state index contributed by atoms with van der Waals surface area (Å²) in [6.45, 7) is 7.49. The summed E-state index contributed by atoms with van der Waals surface area (Å²) < 4.78 is 5.57. The molecule has 2 N–H and O–H groups in total. The van der Waals surface area contributed by atoms with Crippen LogP contribution in [0.15, 0.2) is 24.3 Å². The first-order valence-electron chi connectivity index (χ1n) is 7.73. The first kappa shape index (κ1) is 15.5. The molecule has 1 aromatic rings. The van der Waals surface area contributed by atoms with E-state index in [0.29, 0.717) is 12.0 Å². The van der Waals surface area contributed by atoms with Gasteiger partial charge in [0.15, 0.2) is 0 Å². The SMILES string of the molecule is CCc1ccc(C(N)CN2CCC(C)C(OC)C2)cc1. The molecular weight excluding hydrogens is 248 g/mol. The van der Waals surface area contributed by atoms with Crippen molar-refractivity contribution in [3.05, 3.63) is 35.4 Å². The Hall–Kier alpha value is -0.900. The molecule has 0 aliphatic carbocycles. The van der Waals surface area contributed by atoms with Gasteiger partial charge in [0.25, 0.3) is 0 Å². The molecular formula is C17H28N2O. The van der Waals surface area contributed by atoms with Crippen LogP contribution in [0.3, 0.4) is 0 Å². The Morgan fingerprint density at radius 1 is 1.35 bits per heavy atom.